The van der Waals surface area contributed by atoms with Crippen LogP contribution in [0.4, 0.5) is 11.4 Å². The van der Waals surface area contributed by atoms with Crippen molar-refractivity contribution in [2.75, 3.05) is 19.1 Å². The summed E-state index contributed by atoms with van der Waals surface area (Å²) < 4.78 is 10.7. The molecule has 0 radical (unpaired) electrons. The third kappa shape index (κ3) is 3.82. The van der Waals surface area contributed by atoms with Crippen LogP contribution < -0.4 is 14.4 Å². The van der Waals surface area contributed by atoms with Gasteiger partial charge < -0.3 is 9.47 Å². The van der Waals surface area contributed by atoms with Gasteiger partial charge in [-0.2, -0.15) is 0 Å². The SMILES string of the molecule is COc1ccc(C(=C2[C@H]3C=C[C@H]2[C@H]2C(=O)N(c4ccc(Cl)c([N+](=O)[O-])c4)C(=O)[C@@H]23)c2ccc(OC)cc2)cc1. The lowest BCUT2D eigenvalue weighted by Gasteiger charge is -2.22. The minimum atomic E-state index is -0.625. The molecule has 2 amide bonds. The van der Waals surface area contributed by atoms with E-state index in [4.69, 9.17) is 21.1 Å². The van der Waals surface area contributed by atoms with Gasteiger partial charge in [0.15, 0.2) is 0 Å². The van der Waals surface area contributed by atoms with Gasteiger partial charge in [-0.25, -0.2) is 4.90 Å². The van der Waals surface area contributed by atoms with Gasteiger partial charge >= 0.3 is 0 Å². The summed E-state index contributed by atoms with van der Waals surface area (Å²) in [6, 6.07) is 19.4. The molecule has 3 aromatic carbocycles. The third-order valence-corrected chi connectivity index (χ3v) is 8.17. The molecular weight excluding hydrogens is 520 g/mol. The largest absolute Gasteiger partial charge is 0.497 e. The first kappa shape index (κ1) is 24.9. The summed E-state index contributed by atoms with van der Waals surface area (Å²) in [5.74, 6) is -1.04. The molecule has 196 valence electrons. The first-order valence-corrected chi connectivity index (χ1v) is 12.7. The van der Waals surface area contributed by atoms with Crippen LogP contribution in [0.3, 0.4) is 0 Å². The summed E-state index contributed by atoms with van der Waals surface area (Å²) in [4.78, 5) is 39.4. The van der Waals surface area contributed by atoms with Crippen LogP contribution in [-0.4, -0.2) is 31.0 Å². The summed E-state index contributed by atoms with van der Waals surface area (Å²) in [6.07, 6.45) is 4.01. The summed E-state index contributed by atoms with van der Waals surface area (Å²) in [5.41, 5.74) is 3.67. The Morgan fingerprint density at radius 3 is 1.74 bits per heavy atom. The predicted octanol–water partition coefficient (Wildman–Crippen LogP) is 5.69. The van der Waals surface area contributed by atoms with Crippen LogP contribution in [0.5, 0.6) is 11.5 Å². The van der Waals surface area contributed by atoms with E-state index in [1.165, 1.54) is 18.2 Å². The fraction of sp³-hybridized carbons (Fsp3) is 0.200. The molecule has 0 aromatic heterocycles. The smallest absolute Gasteiger partial charge is 0.289 e. The zero-order valence-electron chi connectivity index (χ0n) is 21.0. The zero-order valence-corrected chi connectivity index (χ0v) is 21.8. The van der Waals surface area contributed by atoms with E-state index in [1.807, 2.05) is 60.7 Å². The fourth-order valence-corrected chi connectivity index (χ4v) is 6.33. The van der Waals surface area contributed by atoms with Crippen LogP contribution in [0, 0.1) is 33.8 Å². The highest BCUT2D eigenvalue weighted by molar-refractivity contribution is 6.33. The molecule has 0 unspecified atom stereocenters. The molecule has 39 heavy (non-hydrogen) atoms. The maximum absolute atomic E-state index is 13.8. The lowest BCUT2D eigenvalue weighted by Crippen LogP contribution is -2.33. The first-order valence-electron chi connectivity index (χ1n) is 12.4. The number of rotatable bonds is 6. The molecule has 0 N–H and O–H groups in total. The Labute approximate surface area is 229 Å². The molecule has 2 fully saturated rings. The maximum Gasteiger partial charge on any atom is 0.289 e. The molecule has 8 nitrogen and oxygen atoms in total. The second-order valence-corrected chi connectivity index (χ2v) is 10.1. The minimum Gasteiger partial charge on any atom is -0.497 e. The van der Waals surface area contributed by atoms with Gasteiger partial charge in [0.1, 0.15) is 16.5 Å². The number of nitro groups is 1. The average molecular weight is 543 g/mol. The molecule has 2 bridgehead atoms. The van der Waals surface area contributed by atoms with Crippen molar-refractivity contribution in [1.82, 2.24) is 0 Å². The van der Waals surface area contributed by atoms with Gasteiger partial charge in [-0.15, -0.1) is 0 Å². The molecule has 0 spiro atoms. The Balaban J connectivity index is 1.46. The molecule has 3 aromatic rings. The van der Waals surface area contributed by atoms with Crippen LogP contribution in [0.25, 0.3) is 5.57 Å². The molecule has 4 atom stereocenters. The number of methoxy groups -OCH3 is 2. The summed E-state index contributed by atoms with van der Waals surface area (Å²) in [7, 11) is 3.22. The second-order valence-electron chi connectivity index (χ2n) is 9.68. The van der Waals surface area contributed by atoms with Gasteiger partial charge in [-0.3, -0.25) is 19.7 Å². The van der Waals surface area contributed by atoms with E-state index in [1.54, 1.807) is 14.2 Å². The van der Waals surface area contributed by atoms with Gasteiger partial charge in [0.05, 0.1) is 36.7 Å². The summed E-state index contributed by atoms with van der Waals surface area (Å²) in [5, 5.41) is 11.4. The maximum atomic E-state index is 13.8. The number of anilines is 1. The number of halogens is 1. The van der Waals surface area contributed by atoms with E-state index in [0.717, 1.165) is 38.7 Å². The van der Waals surface area contributed by atoms with Crippen molar-refractivity contribution in [3.63, 3.8) is 0 Å². The van der Waals surface area contributed by atoms with E-state index in [2.05, 4.69) is 0 Å². The average Bonchev–Trinajstić information content (AvgIpc) is 3.58. The van der Waals surface area contributed by atoms with Crippen molar-refractivity contribution in [3.8, 4) is 11.5 Å². The highest BCUT2D eigenvalue weighted by atomic mass is 35.5. The van der Waals surface area contributed by atoms with Crippen molar-refractivity contribution in [3.05, 3.63) is 111 Å². The van der Waals surface area contributed by atoms with Crippen molar-refractivity contribution in [2.24, 2.45) is 23.7 Å². The quantitative estimate of drug-likeness (QED) is 0.172. The third-order valence-electron chi connectivity index (χ3n) is 7.85. The number of benzene rings is 3. The Kier molecular flexibility index (Phi) is 5.99. The fourth-order valence-electron chi connectivity index (χ4n) is 6.15. The van der Waals surface area contributed by atoms with Crippen molar-refractivity contribution >= 4 is 40.4 Å². The summed E-state index contributed by atoms with van der Waals surface area (Å²) in [6.45, 7) is 0. The number of imide groups is 1. The number of carbonyl (C=O) groups is 2. The van der Waals surface area contributed by atoms with Gasteiger partial charge in [0, 0.05) is 17.9 Å². The van der Waals surface area contributed by atoms with E-state index in [9.17, 15) is 19.7 Å². The van der Waals surface area contributed by atoms with Crippen LogP contribution in [-0.2, 0) is 9.59 Å². The van der Waals surface area contributed by atoms with Crippen LogP contribution in [0.2, 0.25) is 5.02 Å². The number of carbonyl (C=O) groups excluding carboxylic acids is 2. The second kappa shape index (κ2) is 9.39. The predicted molar refractivity (Wildman–Crippen MR) is 146 cm³/mol. The van der Waals surface area contributed by atoms with Gasteiger partial charge in [0.25, 0.3) is 5.69 Å². The molecule has 1 aliphatic heterocycles. The number of nitro benzene ring substituents is 1. The first-order chi connectivity index (χ1) is 18.8. The lowest BCUT2D eigenvalue weighted by atomic mass is 9.85. The van der Waals surface area contributed by atoms with Crippen molar-refractivity contribution in [2.45, 2.75) is 0 Å². The molecule has 2 aliphatic carbocycles. The van der Waals surface area contributed by atoms with Crippen LogP contribution in [0.15, 0.2) is 84.5 Å². The zero-order chi connectivity index (χ0) is 27.4. The number of fused-ring (bicyclic) bond motifs is 5. The van der Waals surface area contributed by atoms with Crippen LogP contribution >= 0.6 is 11.6 Å². The lowest BCUT2D eigenvalue weighted by molar-refractivity contribution is -0.384. The highest BCUT2D eigenvalue weighted by Crippen LogP contribution is 2.59. The number of hydrogen-bond donors (Lipinski definition) is 0. The molecule has 1 saturated carbocycles. The standard InChI is InChI=1S/C30H23ClN2O6/c1-38-19-8-3-16(4-9-19)25(17-5-10-20(39-2)11-6-17)26-21-12-13-22(26)28-27(21)29(34)32(30(28)35)18-7-14-23(31)24(15-18)33(36)37/h3-15,21-22,27-28H,1-2H3/t21-,22-,27-,28-/m1/s1. The number of allylic oxidation sites excluding steroid dienone is 3. The molecular formula is C30H23ClN2O6. The van der Waals surface area contributed by atoms with Gasteiger partial charge in [0.2, 0.25) is 11.8 Å². The Morgan fingerprint density at radius 1 is 0.821 bits per heavy atom. The van der Waals surface area contributed by atoms with Crippen LogP contribution in [0.1, 0.15) is 11.1 Å². The van der Waals surface area contributed by atoms with Crippen molar-refractivity contribution < 1.29 is 24.0 Å². The highest BCUT2D eigenvalue weighted by Gasteiger charge is 2.62. The van der Waals surface area contributed by atoms with Gasteiger partial charge in [-0.05, 0) is 58.7 Å². The summed E-state index contributed by atoms with van der Waals surface area (Å²) >= 11 is 5.97. The molecule has 3 aliphatic rings. The molecule has 9 heteroatoms. The topological polar surface area (TPSA) is 99.0 Å². The number of ether oxygens (including phenoxy) is 2. The monoisotopic (exact) mass is 542 g/mol. The Morgan fingerprint density at radius 2 is 1.31 bits per heavy atom. The van der Waals surface area contributed by atoms with E-state index in [-0.39, 0.29) is 40.0 Å². The minimum absolute atomic E-state index is 0.0568. The van der Waals surface area contributed by atoms with E-state index in [0.29, 0.717) is 0 Å². The van der Waals surface area contributed by atoms with Crippen molar-refractivity contribution in [1.29, 1.82) is 0 Å². The number of hydrogen-bond acceptors (Lipinski definition) is 6. The number of amides is 2. The molecule has 6 rings (SSSR count). The molecule has 1 saturated heterocycles. The Bertz CT molecular complexity index is 1490. The number of nitrogens with zero attached hydrogens (tertiary/aromatic N) is 2. The van der Waals surface area contributed by atoms with E-state index >= 15 is 0 Å². The van der Waals surface area contributed by atoms with Gasteiger partial charge in [-0.1, -0.05) is 48.0 Å². The van der Waals surface area contributed by atoms with E-state index < -0.39 is 16.8 Å². The molecule has 1 heterocycles. The Hall–Kier alpha value is -4.43. The normalized spacial score (nSPS) is 22.8.